The lowest BCUT2D eigenvalue weighted by Crippen LogP contribution is -2.47. The normalized spacial score (nSPS) is 22.6. The second-order valence-corrected chi connectivity index (χ2v) is 9.77. The van der Waals surface area contributed by atoms with Crippen molar-refractivity contribution in [2.24, 2.45) is 5.92 Å². The predicted molar refractivity (Wildman–Crippen MR) is 125 cm³/mol. The zero-order chi connectivity index (χ0) is 26.3. The molecule has 2 aliphatic heterocycles. The molecule has 1 aliphatic carbocycles. The Labute approximate surface area is 211 Å². The number of benzene rings is 2. The quantitative estimate of drug-likeness (QED) is 0.477. The van der Waals surface area contributed by atoms with Crippen LogP contribution in [0, 0.1) is 23.4 Å². The molecule has 2 fully saturated rings. The maximum atomic E-state index is 14.6. The Morgan fingerprint density at radius 3 is 2.51 bits per heavy atom. The Morgan fingerprint density at radius 1 is 0.973 bits per heavy atom. The van der Waals surface area contributed by atoms with Crippen LogP contribution >= 0.6 is 0 Å². The van der Waals surface area contributed by atoms with E-state index in [0.717, 1.165) is 37.5 Å². The lowest BCUT2D eigenvalue weighted by Gasteiger charge is -2.33. The van der Waals surface area contributed by atoms with Crippen molar-refractivity contribution >= 4 is 29.3 Å². The predicted octanol–water partition coefficient (Wildman–Crippen LogP) is 4.19. The number of nitrogens with zero attached hydrogens (tertiary/aromatic N) is 1. The standard InChI is InChI=1S/C27H25F3N2O5/c28-16-6-7-17(19(29)11-16)26(35)32-22-4-2-1-3-15(22)10-23(32)27(36)37-13-24(33)18-9-14-5-8-25(34)31-21(14)12-20(18)30/h6-7,9,11-12,15,22-23H,1-5,8,10,13H2,(H,31,34)/t15-,22-,23-/m0/s1. The van der Waals surface area contributed by atoms with Crippen LogP contribution in [0.4, 0.5) is 18.9 Å². The van der Waals surface area contributed by atoms with Gasteiger partial charge in [-0.1, -0.05) is 12.8 Å². The monoisotopic (exact) mass is 514 g/mol. The van der Waals surface area contributed by atoms with E-state index in [0.29, 0.717) is 36.6 Å². The first-order chi connectivity index (χ1) is 17.7. The van der Waals surface area contributed by atoms with E-state index in [4.69, 9.17) is 4.74 Å². The summed E-state index contributed by atoms with van der Waals surface area (Å²) in [7, 11) is 0. The molecule has 194 valence electrons. The minimum absolute atomic E-state index is 0.0164. The van der Waals surface area contributed by atoms with Crippen molar-refractivity contribution in [1.29, 1.82) is 0 Å². The smallest absolute Gasteiger partial charge is 0.329 e. The highest BCUT2D eigenvalue weighted by atomic mass is 19.1. The third-order valence-electron chi connectivity index (χ3n) is 7.49. The summed E-state index contributed by atoms with van der Waals surface area (Å²) in [6, 6.07) is 3.73. The fourth-order valence-corrected chi connectivity index (χ4v) is 5.69. The van der Waals surface area contributed by atoms with E-state index in [1.165, 1.54) is 11.0 Å². The van der Waals surface area contributed by atoms with Crippen molar-refractivity contribution in [3.05, 3.63) is 64.5 Å². The molecule has 7 nitrogen and oxygen atoms in total. The van der Waals surface area contributed by atoms with E-state index in [1.54, 1.807) is 0 Å². The number of hydrogen-bond acceptors (Lipinski definition) is 5. The summed E-state index contributed by atoms with van der Waals surface area (Å²) in [6.45, 7) is -0.736. The Kier molecular flexibility index (Phi) is 6.74. The summed E-state index contributed by atoms with van der Waals surface area (Å²) in [5, 5.41) is 2.55. The Morgan fingerprint density at radius 2 is 1.73 bits per heavy atom. The molecule has 0 aromatic heterocycles. The van der Waals surface area contributed by atoms with Crippen LogP contribution in [0.1, 0.15) is 64.8 Å². The number of esters is 1. The molecule has 3 aliphatic rings. The summed E-state index contributed by atoms with van der Waals surface area (Å²) in [5.74, 6) is -5.24. The molecule has 3 atom stereocenters. The highest BCUT2D eigenvalue weighted by Crippen LogP contribution is 2.41. The number of halogens is 3. The summed E-state index contributed by atoms with van der Waals surface area (Å²) < 4.78 is 47.7. The SMILES string of the molecule is O=C1CCc2cc(C(=O)COC(=O)[C@@H]3C[C@@H]4CCCC[C@@H]4N3C(=O)c3ccc(F)cc3F)c(F)cc2N1. The fraction of sp³-hybridized carbons (Fsp3) is 0.407. The molecule has 0 spiro atoms. The van der Waals surface area contributed by atoms with Gasteiger partial charge in [0.25, 0.3) is 5.91 Å². The van der Waals surface area contributed by atoms with E-state index >= 15 is 0 Å². The first-order valence-electron chi connectivity index (χ1n) is 12.3. The number of amides is 2. The molecule has 0 bridgehead atoms. The molecule has 2 aromatic rings. The van der Waals surface area contributed by atoms with Gasteiger partial charge in [-0.3, -0.25) is 14.4 Å². The van der Waals surface area contributed by atoms with Gasteiger partial charge in [-0.25, -0.2) is 18.0 Å². The number of likely N-dealkylation sites (tertiary alicyclic amines) is 1. The van der Waals surface area contributed by atoms with Gasteiger partial charge in [0.15, 0.2) is 6.61 Å². The molecule has 37 heavy (non-hydrogen) atoms. The molecule has 1 N–H and O–H groups in total. The largest absolute Gasteiger partial charge is 0.456 e. The number of carbonyl (C=O) groups is 4. The number of hydrogen-bond donors (Lipinski definition) is 1. The molecule has 2 amide bonds. The first kappa shape index (κ1) is 25.0. The lowest BCUT2D eigenvalue weighted by molar-refractivity contribution is -0.147. The van der Waals surface area contributed by atoms with Crippen LogP contribution in [0.5, 0.6) is 0 Å². The maximum absolute atomic E-state index is 14.6. The van der Waals surface area contributed by atoms with Crippen LogP contribution in [0.25, 0.3) is 0 Å². The number of anilines is 1. The van der Waals surface area contributed by atoms with E-state index < -0.39 is 47.8 Å². The van der Waals surface area contributed by atoms with Crippen LogP contribution in [0.15, 0.2) is 30.3 Å². The molecular weight excluding hydrogens is 489 g/mol. The number of fused-ring (bicyclic) bond motifs is 2. The number of ketones is 1. The third-order valence-corrected chi connectivity index (χ3v) is 7.49. The zero-order valence-corrected chi connectivity index (χ0v) is 19.9. The highest BCUT2D eigenvalue weighted by Gasteiger charge is 2.48. The lowest BCUT2D eigenvalue weighted by atomic mass is 9.84. The van der Waals surface area contributed by atoms with Crippen LogP contribution in [-0.2, 0) is 20.7 Å². The van der Waals surface area contributed by atoms with Gasteiger partial charge in [0.2, 0.25) is 11.7 Å². The average molecular weight is 515 g/mol. The molecule has 5 rings (SSSR count). The van der Waals surface area contributed by atoms with Crippen LogP contribution < -0.4 is 5.32 Å². The molecule has 2 aromatic carbocycles. The van der Waals surface area contributed by atoms with Crippen molar-refractivity contribution in [2.45, 2.75) is 57.0 Å². The Balaban J connectivity index is 1.33. The first-order valence-corrected chi connectivity index (χ1v) is 12.3. The van der Waals surface area contributed by atoms with Gasteiger partial charge in [0, 0.05) is 24.2 Å². The number of ether oxygens (including phenoxy) is 1. The second kappa shape index (κ2) is 9.99. The van der Waals surface area contributed by atoms with Crippen LogP contribution in [-0.4, -0.2) is 47.2 Å². The van der Waals surface area contributed by atoms with Gasteiger partial charge in [-0.2, -0.15) is 0 Å². The number of rotatable bonds is 5. The molecule has 1 saturated carbocycles. The molecule has 1 saturated heterocycles. The van der Waals surface area contributed by atoms with E-state index in [2.05, 4.69) is 5.32 Å². The van der Waals surface area contributed by atoms with Crippen molar-refractivity contribution in [1.82, 2.24) is 4.90 Å². The van der Waals surface area contributed by atoms with Gasteiger partial charge < -0.3 is 15.0 Å². The fourth-order valence-electron chi connectivity index (χ4n) is 5.69. The zero-order valence-electron chi connectivity index (χ0n) is 19.9. The highest BCUT2D eigenvalue weighted by molar-refractivity contribution is 6.01. The minimum atomic E-state index is -1.04. The minimum Gasteiger partial charge on any atom is -0.456 e. The number of nitrogens with one attached hydrogen (secondary N) is 1. The van der Waals surface area contributed by atoms with Gasteiger partial charge in [-0.15, -0.1) is 0 Å². The maximum Gasteiger partial charge on any atom is 0.329 e. The second-order valence-electron chi connectivity index (χ2n) is 9.77. The van der Waals surface area contributed by atoms with E-state index in [-0.39, 0.29) is 35.4 Å². The van der Waals surface area contributed by atoms with Gasteiger partial charge in [0.1, 0.15) is 23.5 Å². The van der Waals surface area contributed by atoms with Crippen molar-refractivity contribution in [3.8, 4) is 0 Å². The topological polar surface area (TPSA) is 92.8 Å². The van der Waals surface area contributed by atoms with Gasteiger partial charge >= 0.3 is 5.97 Å². The van der Waals surface area contributed by atoms with Crippen molar-refractivity contribution < 1.29 is 37.1 Å². The summed E-state index contributed by atoms with van der Waals surface area (Å²) in [5.41, 5.74) is 0.306. The van der Waals surface area contributed by atoms with Crippen LogP contribution in [0.3, 0.4) is 0 Å². The Hall–Kier alpha value is -3.69. The summed E-state index contributed by atoms with van der Waals surface area (Å²) >= 11 is 0. The van der Waals surface area contributed by atoms with Crippen molar-refractivity contribution in [3.63, 3.8) is 0 Å². The number of carbonyl (C=O) groups excluding carboxylic acids is 4. The van der Waals surface area contributed by atoms with Gasteiger partial charge in [0.05, 0.1) is 11.1 Å². The van der Waals surface area contributed by atoms with Gasteiger partial charge in [-0.05, 0) is 61.4 Å². The van der Waals surface area contributed by atoms with Crippen LogP contribution in [0.2, 0.25) is 0 Å². The Bertz CT molecular complexity index is 1300. The number of aryl methyl sites for hydroxylation is 1. The summed E-state index contributed by atoms with van der Waals surface area (Å²) in [4.78, 5) is 52.0. The molecule has 10 heteroatoms. The molecular formula is C27H25F3N2O5. The molecule has 0 radical (unpaired) electrons. The van der Waals surface area contributed by atoms with E-state index in [9.17, 15) is 32.3 Å². The van der Waals surface area contributed by atoms with E-state index in [1.807, 2.05) is 0 Å². The average Bonchev–Trinajstić information content (AvgIpc) is 3.26. The molecule has 2 heterocycles. The number of Topliss-reactive ketones (excluding diaryl/α,β-unsaturated/α-hetero) is 1. The molecule has 0 unspecified atom stereocenters. The van der Waals surface area contributed by atoms with Crippen molar-refractivity contribution in [2.75, 3.05) is 11.9 Å². The summed E-state index contributed by atoms with van der Waals surface area (Å²) in [6.07, 6.45) is 4.08. The third kappa shape index (κ3) is 4.84.